The molecule has 0 aliphatic carbocycles. The Labute approximate surface area is 128 Å². The molecule has 110 valence electrons. The first kappa shape index (κ1) is 14.1. The van der Waals surface area contributed by atoms with E-state index in [0.717, 1.165) is 27.7 Å². The molecule has 22 heavy (non-hydrogen) atoms. The summed E-state index contributed by atoms with van der Waals surface area (Å²) in [4.78, 5) is 4.09. The predicted octanol–water partition coefficient (Wildman–Crippen LogP) is 4.04. The number of fused-ring (bicyclic) bond motifs is 1. The number of aromatic nitrogens is 1. The zero-order valence-corrected chi connectivity index (χ0v) is 12.3. The molecule has 0 spiro atoms. The van der Waals surface area contributed by atoms with Crippen LogP contribution in [0.2, 0.25) is 0 Å². The van der Waals surface area contributed by atoms with Crippen LogP contribution in [0.1, 0.15) is 11.1 Å². The summed E-state index contributed by atoms with van der Waals surface area (Å²) in [6, 6.07) is 12.2. The van der Waals surface area contributed by atoms with E-state index < -0.39 is 0 Å². The molecule has 1 aromatic heterocycles. The molecular weight excluding hydrogens is 277 g/mol. The summed E-state index contributed by atoms with van der Waals surface area (Å²) in [5, 5.41) is 0.991. The van der Waals surface area contributed by atoms with Gasteiger partial charge in [-0.05, 0) is 42.0 Å². The maximum Gasteiger partial charge on any atom is 0.123 e. The van der Waals surface area contributed by atoms with Crippen molar-refractivity contribution in [1.82, 2.24) is 4.57 Å². The first-order valence-electron chi connectivity index (χ1n) is 6.90. The molecule has 0 atom stereocenters. The average molecular weight is 293 g/mol. The molecular formula is C18H16FN3. The van der Waals surface area contributed by atoms with Gasteiger partial charge in [-0.25, -0.2) is 4.39 Å². The minimum Gasteiger partial charge on any atom is -0.384 e. The van der Waals surface area contributed by atoms with Gasteiger partial charge in [-0.2, -0.15) is 0 Å². The first-order valence-corrected chi connectivity index (χ1v) is 6.90. The topological polar surface area (TPSA) is 43.3 Å². The predicted molar refractivity (Wildman–Crippen MR) is 91.3 cm³/mol. The summed E-state index contributed by atoms with van der Waals surface area (Å²) in [5.41, 5.74) is 9.94. The van der Waals surface area contributed by atoms with E-state index in [9.17, 15) is 4.39 Å². The highest BCUT2D eigenvalue weighted by Crippen LogP contribution is 2.31. The summed E-state index contributed by atoms with van der Waals surface area (Å²) in [6.45, 7) is 3.80. The molecule has 3 aromatic rings. The van der Waals surface area contributed by atoms with E-state index in [1.54, 1.807) is 31.5 Å². The van der Waals surface area contributed by atoms with Crippen molar-refractivity contribution in [2.24, 2.45) is 4.99 Å². The van der Waals surface area contributed by atoms with Crippen LogP contribution in [0.3, 0.4) is 0 Å². The number of nitrogens with zero attached hydrogens (tertiary/aromatic N) is 2. The molecule has 0 saturated heterocycles. The van der Waals surface area contributed by atoms with Gasteiger partial charge in [0.1, 0.15) is 11.6 Å². The monoisotopic (exact) mass is 293 g/mol. The second-order valence-electron chi connectivity index (χ2n) is 4.98. The van der Waals surface area contributed by atoms with Crippen LogP contribution in [0, 0.1) is 5.82 Å². The van der Waals surface area contributed by atoms with Gasteiger partial charge in [0.05, 0.1) is 5.52 Å². The third-order valence-electron chi connectivity index (χ3n) is 3.65. The van der Waals surface area contributed by atoms with Gasteiger partial charge in [-0.15, -0.1) is 0 Å². The zero-order chi connectivity index (χ0) is 15.7. The van der Waals surface area contributed by atoms with Crippen molar-refractivity contribution in [3.63, 3.8) is 0 Å². The molecule has 0 bridgehead atoms. The number of aliphatic imine (C=N–C) groups is 1. The Kier molecular flexibility index (Phi) is 3.51. The second-order valence-corrected chi connectivity index (χ2v) is 4.98. The molecule has 0 amide bonds. The third-order valence-corrected chi connectivity index (χ3v) is 3.65. The van der Waals surface area contributed by atoms with Gasteiger partial charge in [-0.3, -0.25) is 9.56 Å². The summed E-state index contributed by atoms with van der Waals surface area (Å²) in [5.74, 6) is 0.302. The number of benzene rings is 2. The number of rotatable bonds is 3. The van der Waals surface area contributed by atoms with Gasteiger partial charge in [0.25, 0.3) is 0 Å². The van der Waals surface area contributed by atoms with Crippen molar-refractivity contribution in [3.05, 3.63) is 66.0 Å². The van der Waals surface area contributed by atoms with E-state index >= 15 is 0 Å². The van der Waals surface area contributed by atoms with Crippen LogP contribution in [0.15, 0.2) is 54.0 Å². The number of hydrogen-bond acceptors (Lipinski definition) is 2. The summed E-state index contributed by atoms with van der Waals surface area (Å²) in [6.07, 6.45) is 3.53. The fourth-order valence-corrected chi connectivity index (χ4v) is 2.61. The standard InChI is InChI=1S/C18H16FN3/c1-3-12-4-9-17-15(10-12)16(11-21-2)18(20)22(17)14-7-5-13(19)6-8-14/h3-11H,1,20H2,2H3. The number of hydrogen-bond donors (Lipinski definition) is 1. The number of halogens is 1. The fourth-order valence-electron chi connectivity index (χ4n) is 2.61. The van der Waals surface area contributed by atoms with Gasteiger partial charge in [-0.1, -0.05) is 18.7 Å². The molecule has 0 unspecified atom stereocenters. The van der Waals surface area contributed by atoms with Crippen molar-refractivity contribution in [3.8, 4) is 5.69 Å². The Bertz CT molecular complexity index is 873. The highest BCUT2D eigenvalue weighted by Gasteiger charge is 2.15. The fraction of sp³-hybridized carbons (Fsp3) is 0.0556. The van der Waals surface area contributed by atoms with E-state index in [1.165, 1.54) is 12.1 Å². The molecule has 1 heterocycles. The van der Waals surface area contributed by atoms with Crippen molar-refractivity contribution in [2.45, 2.75) is 0 Å². The molecule has 0 aliphatic heterocycles. The smallest absolute Gasteiger partial charge is 0.123 e. The minimum atomic E-state index is -0.275. The Morgan fingerprint density at radius 3 is 2.55 bits per heavy atom. The normalized spacial score (nSPS) is 11.4. The van der Waals surface area contributed by atoms with Crippen LogP contribution in [0.5, 0.6) is 0 Å². The lowest BCUT2D eigenvalue weighted by atomic mass is 10.1. The van der Waals surface area contributed by atoms with Gasteiger partial charge < -0.3 is 5.73 Å². The molecule has 3 nitrogen and oxygen atoms in total. The lowest BCUT2D eigenvalue weighted by Gasteiger charge is -2.08. The van der Waals surface area contributed by atoms with Gasteiger partial charge in [0.2, 0.25) is 0 Å². The van der Waals surface area contributed by atoms with E-state index in [1.807, 2.05) is 22.8 Å². The van der Waals surface area contributed by atoms with E-state index in [-0.39, 0.29) is 5.82 Å². The lowest BCUT2D eigenvalue weighted by Crippen LogP contribution is -2.01. The van der Waals surface area contributed by atoms with Crippen LogP contribution in [0.4, 0.5) is 10.2 Å². The van der Waals surface area contributed by atoms with Gasteiger partial charge in [0, 0.05) is 29.9 Å². The Morgan fingerprint density at radius 2 is 1.91 bits per heavy atom. The maximum absolute atomic E-state index is 13.2. The SMILES string of the molecule is C=Cc1ccc2c(c1)c(C=NC)c(N)n2-c1ccc(F)cc1. The quantitative estimate of drug-likeness (QED) is 0.728. The maximum atomic E-state index is 13.2. The molecule has 4 heteroatoms. The second kappa shape index (κ2) is 5.48. The van der Waals surface area contributed by atoms with Gasteiger partial charge >= 0.3 is 0 Å². The van der Waals surface area contributed by atoms with Crippen LogP contribution in [-0.4, -0.2) is 17.8 Å². The molecule has 0 radical (unpaired) electrons. The molecule has 0 aliphatic rings. The van der Waals surface area contributed by atoms with Crippen molar-refractivity contribution in [2.75, 3.05) is 12.8 Å². The van der Waals surface area contributed by atoms with E-state index in [4.69, 9.17) is 5.73 Å². The largest absolute Gasteiger partial charge is 0.384 e. The molecule has 0 saturated carbocycles. The average Bonchev–Trinajstić information content (AvgIpc) is 2.80. The molecule has 0 fully saturated rings. The highest BCUT2D eigenvalue weighted by atomic mass is 19.1. The lowest BCUT2D eigenvalue weighted by molar-refractivity contribution is 0.627. The van der Waals surface area contributed by atoms with Crippen LogP contribution in [-0.2, 0) is 0 Å². The number of nitrogen functional groups attached to an aromatic ring is 1. The number of anilines is 1. The van der Waals surface area contributed by atoms with Crippen molar-refractivity contribution >= 4 is 29.0 Å². The minimum absolute atomic E-state index is 0.275. The van der Waals surface area contributed by atoms with Crippen LogP contribution < -0.4 is 5.73 Å². The zero-order valence-electron chi connectivity index (χ0n) is 12.3. The third kappa shape index (κ3) is 2.19. The molecule has 2 aromatic carbocycles. The van der Waals surface area contributed by atoms with Crippen molar-refractivity contribution < 1.29 is 4.39 Å². The number of nitrogens with two attached hydrogens (primary N) is 1. The first-order chi connectivity index (χ1) is 10.7. The van der Waals surface area contributed by atoms with Gasteiger partial charge in [0.15, 0.2) is 0 Å². The molecule has 3 rings (SSSR count). The van der Waals surface area contributed by atoms with E-state index in [0.29, 0.717) is 5.82 Å². The highest BCUT2D eigenvalue weighted by molar-refractivity contribution is 6.06. The summed E-state index contributed by atoms with van der Waals surface area (Å²) in [7, 11) is 1.71. The Balaban J connectivity index is 2.36. The summed E-state index contributed by atoms with van der Waals surface area (Å²) >= 11 is 0. The Hall–Kier alpha value is -2.88. The summed E-state index contributed by atoms with van der Waals surface area (Å²) < 4.78 is 15.1. The Morgan fingerprint density at radius 1 is 1.18 bits per heavy atom. The van der Waals surface area contributed by atoms with Crippen molar-refractivity contribution in [1.29, 1.82) is 0 Å². The van der Waals surface area contributed by atoms with Crippen LogP contribution >= 0.6 is 0 Å². The molecule has 2 N–H and O–H groups in total. The van der Waals surface area contributed by atoms with E-state index in [2.05, 4.69) is 11.6 Å². The van der Waals surface area contributed by atoms with Crippen LogP contribution in [0.25, 0.3) is 22.7 Å².